The van der Waals surface area contributed by atoms with Gasteiger partial charge in [-0.15, -0.1) is 0 Å². The van der Waals surface area contributed by atoms with Crippen LogP contribution in [0, 0.1) is 0 Å². The largest absolute Gasteiger partial charge is 0.494 e. The highest BCUT2D eigenvalue weighted by Crippen LogP contribution is 2.25. The van der Waals surface area contributed by atoms with Crippen molar-refractivity contribution in [2.24, 2.45) is 0 Å². The Morgan fingerprint density at radius 1 is 1.12 bits per heavy atom. The molecule has 1 aliphatic carbocycles. The highest BCUT2D eigenvalue weighted by Gasteiger charge is 2.33. The minimum atomic E-state index is -0.178. The van der Waals surface area contributed by atoms with Crippen molar-refractivity contribution in [3.05, 3.63) is 30.3 Å². The first-order valence-corrected chi connectivity index (χ1v) is 9.12. The Hall–Kier alpha value is -1.59. The highest BCUT2D eigenvalue weighted by molar-refractivity contribution is 5.76. The third-order valence-corrected chi connectivity index (χ3v) is 5.13. The zero-order valence-corrected chi connectivity index (χ0v) is 14.3. The first kappa shape index (κ1) is 17.2. The van der Waals surface area contributed by atoms with Gasteiger partial charge in [0.05, 0.1) is 12.7 Å². The molecule has 1 aromatic carbocycles. The van der Waals surface area contributed by atoms with Crippen molar-refractivity contribution in [2.45, 2.75) is 44.2 Å². The second-order valence-electron chi connectivity index (χ2n) is 6.75. The third kappa shape index (κ3) is 4.48. The quantitative estimate of drug-likeness (QED) is 0.809. The zero-order chi connectivity index (χ0) is 16.8. The monoisotopic (exact) mass is 332 g/mol. The van der Waals surface area contributed by atoms with E-state index in [1.54, 1.807) is 0 Å². The second-order valence-corrected chi connectivity index (χ2v) is 6.75. The number of rotatable bonds is 6. The SMILES string of the molecule is O=C(CCCOc1ccccc1)N1CCN([C@H]2CCC[C@@H]2O)CC1. The van der Waals surface area contributed by atoms with E-state index in [0.29, 0.717) is 19.1 Å². The van der Waals surface area contributed by atoms with Crippen molar-refractivity contribution in [1.82, 2.24) is 9.80 Å². The molecule has 3 rings (SSSR count). The fraction of sp³-hybridized carbons (Fsp3) is 0.632. The van der Waals surface area contributed by atoms with Crippen LogP contribution in [0.25, 0.3) is 0 Å². The molecular formula is C19H28N2O3. The predicted octanol–water partition coefficient (Wildman–Crippen LogP) is 1.90. The standard InChI is InChI=1S/C19H28N2O3/c22-18-9-4-8-17(18)20-11-13-21(14-12-20)19(23)10-5-15-24-16-6-2-1-3-7-16/h1-3,6-7,17-18,22H,4-5,8-15H2/t17-,18-/m0/s1. The minimum Gasteiger partial charge on any atom is -0.494 e. The van der Waals surface area contributed by atoms with Crippen LogP contribution in [-0.4, -0.2) is 65.7 Å². The van der Waals surface area contributed by atoms with Gasteiger partial charge >= 0.3 is 0 Å². The van der Waals surface area contributed by atoms with Crippen LogP contribution < -0.4 is 4.74 Å². The summed E-state index contributed by atoms with van der Waals surface area (Å²) in [6, 6.07) is 10.0. The fourth-order valence-corrected chi connectivity index (χ4v) is 3.74. The Morgan fingerprint density at radius 2 is 1.88 bits per heavy atom. The summed E-state index contributed by atoms with van der Waals surface area (Å²) in [6.07, 6.45) is 4.24. The number of benzene rings is 1. The summed E-state index contributed by atoms with van der Waals surface area (Å²) in [4.78, 5) is 16.6. The lowest BCUT2D eigenvalue weighted by atomic mass is 10.1. The molecule has 5 heteroatoms. The molecule has 1 amide bonds. The number of ether oxygens (including phenoxy) is 1. The summed E-state index contributed by atoms with van der Waals surface area (Å²) in [6.45, 7) is 3.90. The molecule has 1 N–H and O–H groups in total. The lowest BCUT2D eigenvalue weighted by molar-refractivity contribution is -0.133. The second kappa shape index (κ2) is 8.49. The van der Waals surface area contributed by atoms with Crippen LogP contribution in [0.15, 0.2) is 30.3 Å². The molecule has 0 bridgehead atoms. The first-order valence-electron chi connectivity index (χ1n) is 9.12. The molecular weight excluding hydrogens is 304 g/mol. The summed E-state index contributed by atoms with van der Waals surface area (Å²) >= 11 is 0. The average Bonchev–Trinajstić information content (AvgIpc) is 3.05. The molecule has 0 aromatic heterocycles. The van der Waals surface area contributed by atoms with E-state index in [0.717, 1.165) is 57.6 Å². The molecule has 24 heavy (non-hydrogen) atoms. The van der Waals surface area contributed by atoms with E-state index >= 15 is 0 Å². The van der Waals surface area contributed by atoms with Gasteiger partial charge in [-0.2, -0.15) is 0 Å². The number of aliphatic hydroxyl groups is 1. The van der Waals surface area contributed by atoms with E-state index in [1.807, 2.05) is 35.2 Å². The molecule has 1 saturated carbocycles. The van der Waals surface area contributed by atoms with Crippen LogP contribution in [0.2, 0.25) is 0 Å². The van der Waals surface area contributed by atoms with Crippen LogP contribution in [0.5, 0.6) is 5.75 Å². The zero-order valence-electron chi connectivity index (χ0n) is 14.3. The van der Waals surface area contributed by atoms with Crippen molar-refractivity contribution in [2.75, 3.05) is 32.8 Å². The van der Waals surface area contributed by atoms with E-state index in [9.17, 15) is 9.90 Å². The summed E-state index contributed by atoms with van der Waals surface area (Å²) in [5.41, 5.74) is 0. The van der Waals surface area contributed by atoms with Crippen LogP contribution in [0.1, 0.15) is 32.1 Å². The van der Waals surface area contributed by atoms with Gasteiger partial charge < -0.3 is 14.7 Å². The van der Waals surface area contributed by atoms with Crippen molar-refractivity contribution in [3.8, 4) is 5.75 Å². The van der Waals surface area contributed by atoms with Crippen molar-refractivity contribution in [1.29, 1.82) is 0 Å². The van der Waals surface area contributed by atoms with Gasteiger partial charge in [-0.3, -0.25) is 9.69 Å². The van der Waals surface area contributed by atoms with Crippen LogP contribution >= 0.6 is 0 Å². The Balaban J connectivity index is 1.33. The van der Waals surface area contributed by atoms with Gasteiger partial charge in [0, 0.05) is 38.6 Å². The Kier molecular flexibility index (Phi) is 6.10. The number of amides is 1. The van der Waals surface area contributed by atoms with Crippen LogP contribution in [0.3, 0.4) is 0 Å². The molecule has 5 nitrogen and oxygen atoms in total. The first-order chi connectivity index (χ1) is 11.7. The molecule has 2 aliphatic rings. The summed E-state index contributed by atoms with van der Waals surface area (Å²) in [5.74, 6) is 1.08. The summed E-state index contributed by atoms with van der Waals surface area (Å²) in [5, 5.41) is 10.0. The topological polar surface area (TPSA) is 53.0 Å². The van der Waals surface area contributed by atoms with Gasteiger partial charge in [-0.25, -0.2) is 0 Å². The smallest absolute Gasteiger partial charge is 0.222 e. The third-order valence-electron chi connectivity index (χ3n) is 5.13. The van der Waals surface area contributed by atoms with Crippen LogP contribution in [0.4, 0.5) is 0 Å². The average molecular weight is 332 g/mol. The van der Waals surface area contributed by atoms with Crippen molar-refractivity contribution in [3.63, 3.8) is 0 Å². The Morgan fingerprint density at radius 3 is 2.54 bits per heavy atom. The number of aliphatic hydroxyl groups excluding tert-OH is 1. The summed E-state index contributed by atoms with van der Waals surface area (Å²) in [7, 11) is 0. The molecule has 1 saturated heterocycles. The Labute approximate surface area is 144 Å². The van der Waals surface area contributed by atoms with Gasteiger partial charge in [-0.1, -0.05) is 18.2 Å². The number of carbonyl (C=O) groups excluding carboxylic acids is 1. The highest BCUT2D eigenvalue weighted by atomic mass is 16.5. The van der Waals surface area contributed by atoms with Gasteiger partial charge in [-0.05, 0) is 37.8 Å². The van der Waals surface area contributed by atoms with E-state index in [2.05, 4.69) is 4.90 Å². The van der Waals surface area contributed by atoms with Gasteiger partial charge in [0.25, 0.3) is 0 Å². The van der Waals surface area contributed by atoms with Gasteiger partial charge in [0.2, 0.25) is 5.91 Å². The maximum absolute atomic E-state index is 12.3. The molecule has 0 spiro atoms. The number of carbonyl (C=O) groups is 1. The molecule has 0 radical (unpaired) electrons. The van der Waals surface area contributed by atoms with E-state index in [-0.39, 0.29) is 12.0 Å². The number of hydrogen-bond donors (Lipinski definition) is 1. The molecule has 1 aromatic rings. The number of piperazine rings is 1. The molecule has 132 valence electrons. The normalized spacial score (nSPS) is 25.0. The summed E-state index contributed by atoms with van der Waals surface area (Å²) < 4.78 is 5.63. The maximum atomic E-state index is 12.3. The number of para-hydroxylation sites is 1. The van der Waals surface area contributed by atoms with Crippen LogP contribution in [-0.2, 0) is 4.79 Å². The Bertz CT molecular complexity index is 515. The minimum absolute atomic E-state index is 0.178. The molecule has 2 fully saturated rings. The predicted molar refractivity (Wildman–Crippen MR) is 93.0 cm³/mol. The van der Waals surface area contributed by atoms with Crippen molar-refractivity contribution < 1.29 is 14.6 Å². The number of nitrogens with zero attached hydrogens (tertiary/aromatic N) is 2. The van der Waals surface area contributed by atoms with Crippen molar-refractivity contribution >= 4 is 5.91 Å². The van der Waals surface area contributed by atoms with Gasteiger partial charge in [0.15, 0.2) is 0 Å². The maximum Gasteiger partial charge on any atom is 0.222 e. The van der Waals surface area contributed by atoms with Gasteiger partial charge in [0.1, 0.15) is 5.75 Å². The lowest BCUT2D eigenvalue weighted by Gasteiger charge is -2.39. The van der Waals surface area contributed by atoms with E-state index in [1.165, 1.54) is 0 Å². The molecule has 0 unspecified atom stereocenters. The molecule has 2 atom stereocenters. The molecule has 1 heterocycles. The number of hydrogen-bond acceptors (Lipinski definition) is 4. The lowest BCUT2D eigenvalue weighted by Crippen LogP contribution is -2.53. The van der Waals surface area contributed by atoms with E-state index in [4.69, 9.17) is 4.74 Å². The molecule has 1 aliphatic heterocycles. The fourth-order valence-electron chi connectivity index (χ4n) is 3.74. The van der Waals surface area contributed by atoms with E-state index < -0.39 is 0 Å².